The molecule has 0 spiro atoms. The number of benzene rings is 1. The predicted molar refractivity (Wildman–Crippen MR) is 93.5 cm³/mol. The lowest BCUT2D eigenvalue weighted by Crippen LogP contribution is -2.14. The smallest absolute Gasteiger partial charge is 0.359 e. The molecule has 5 nitrogen and oxygen atoms in total. The van der Waals surface area contributed by atoms with E-state index in [-0.39, 0.29) is 23.8 Å². The molecule has 0 saturated heterocycles. The molecule has 24 heavy (non-hydrogen) atoms. The topological polar surface area (TPSA) is 60.7 Å². The van der Waals surface area contributed by atoms with Crippen LogP contribution in [-0.4, -0.2) is 27.7 Å². The highest BCUT2D eigenvalue weighted by Crippen LogP contribution is 2.25. The van der Waals surface area contributed by atoms with Crippen molar-refractivity contribution in [3.05, 3.63) is 69.6 Å². The van der Waals surface area contributed by atoms with Gasteiger partial charge in [-0.1, -0.05) is 30.3 Å². The van der Waals surface area contributed by atoms with E-state index in [9.17, 15) is 9.59 Å². The second kappa shape index (κ2) is 6.57. The minimum atomic E-state index is -0.606. The number of carbonyl (C=O) groups is 2. The van der Waals surface area contributed by atoms with E-state index in [0.29, 0.717) is 15.7 Å². The Kier molecular flexibility index (Phi) is 4.49. The monoisotopic (exact) mass is 386 g/mol. The highest BCUT2D eigenvalue weighted by Gasteiger charge is 2.27. The zero-order valence-corrected chi connectivity index (χ0v) is 14.8. The maximum atomic E-state index is 13.0. The molecule has 0 radical (unpaired) electrons. The van der Waals surface area contributed by atoms with Gasteiger partial charge in [0.15, 0.2) is 11.3 Å². The second-order valence-corrected chi connectivity index (χ2v) is 6.14. The average molecular weight is 387 g/mol. The Morgan fingerprint density at radius 1 is 1.25 bits per heavy atom. The Labute approximate surface area is 147 Å². The molecule has 2 heterocycles. The van der Waals surface area contributed by atoms with Crippen LogP contribution < -0.4 is 0 Å². The van der Waals surface area contributed by atoms with Crippen LogP contribution in [0.4, 0.5) is 0 Å². The van der Waals surface area contributed by atoms with Gasteiger partial charge in [-0.2, -0.15) is 0 Å². The third kappa shape index (κ3) is 2.85. The van der Waals surface area contributed by atoms with Crippen LogP contribution in [0.2, 0.25) is 0 Å². The quantitative estimate of drug-likeness (QED) is 0.505. The zero-order valence-electron chi connectivity index (χ0n) is 13.2. The third-order valence-corrected chi connectivity index (χ3v) is 4.12. The molecule has 0 N–H and O–H groups in total. The number of pyridine rings is 1. The maximum Gasteiger partial charge on any atom is 0.359 e. The molecule has 0 unspecified atom stereocenters. The second-order valence-electron chi connectivity index (χ2n) is 5.28. The van der Waals surface area contributed by atoms with Gasteiger partial charge in [0.25, 0.3) is 0 Å². The Bertz CT molecular complexity index is 932. The number of halogens is 1. The van der Waals surface area contributed by atoms with E-state index in [2.05, 4.69) is 20.9 Å². The SMILES string of the molecule is CCOC(=O)c1nc2c(Br)cc(C)cn2c1C(=O)c1ccccc1. The van der Waals surface area contributed by atoms with Crippen LogP contribution in [-0.2, 0) is 4.74 Å². The molecule has 0 aliphatic carbocycles. The number of hydrogen-bond acceptors (Lipinski definition) is 4. The van der Waals surface area contributed by atoms with Gasteiger partial charge in [-0.15, -0.1) is 0 Å². The van der Waals surface area contributed by atoms with Gasteiger partial charge in [-0.3, -0.25) is 9.20 Å². The summed E-state index contributed by atoms with van der Waals surface area (Å²) in [4.78, 5) is 29.6. The maximum absolute atomic E-state index is 13.0. The lowest BCUT2D eigenvalue weighted by molar-refractivity contribution is 0.0517. The summed E-state index contributed by atoms with van der Waals surface area (Å²) in [6.45, 7) is 3.84. The number of hydrogen-bond donors (Lipinski definition) is 0. The van der Waals surface area contributed by atoms with E-state index in [1.807, 2.05) is 19.1 Å². The summed E-state index contributed by atoms with van der Waals surface area (Å²) in [5, 5.41) is 0. The molecule has 0 fully saturated rings. The molecule has 0 aliphatic rings. The van der Waals surface area contributed by atoms with Crippen molar-refractivity contribution in [2.75, 3.05) is 6.61 Å². The van der Waals surface area contributed by atoms with E-state index >= 15 is 0 Å². The highest BCUT2D eigenvalue weighted by atomic mass is 79.9. The summed E-state index contributed by atoms with van der Waals surface area (Å²) >= 11 is 3.44. The lowest BCUT2D eigenvalue weighted by Gasteiger charge is -2.06. The van der Waals surface area contributed by atoms with Gasteiger partial charge in [0, 0.05) is 11.8 Å². The molecular weight excluding hydrogens is 372 g/mol. The van der Waals surface area contributed by atoms with Gasteiger partial charge in [0.1, 0.15) is 5.69 Å². The minimum absolute atomic E-state index is 0.0250. The summed E-state index contributed by atoms with van der Waals surface area (Å²) in [6, 6.07) is 10.7. The van der Waals surface area contributed by atoms with Crippen molar-refractivity contribution in [1.82, 2.24) is 9.38 Å². The summed E-state index contributed by atoms with van der Waals surface area (Å²) in [7, 11) is 0. The van der Waals surface area contributed by atoms with E-state index in [1.54, 1.807) is 41.8 Å². The molecular formula is C18H15BrN2O3. The number of aromatic nitrogens is 2. The molecule has 6 heteroatoms. The Morgan fingerprint density at radius 2 is 1.96 bits per heavy atom. The van der Waals surface area contributed by atoms with Crippen LogP contribution in [0.5, 0.6) is 0 Å². The number of imidazole rings is 1. The van der Waals surface area contributed by atoms with Crippen LogP contribution in [0, 0.1) is 6.92 Å². The number of aryl methyl sites for hydroxylation is 1. The molecule has 3 aromatic rings. The van der Waals surface area contributed by atoms with E-state index in [1.165, 1.54) is 0 Å². The fourth-order valence-electron chi connectivity index (χ4n) is 2.52. The van der Waals surface area contributed by atoms with Gasteiger partial charge in [0.2, 0.25) is 5.78 Å². The first-order valence-electron chi connectivity index (χ1n) is 7.48. The number of ketones is 1. The van der Waals surface area contributed by atoms with E-state index < -0.39 is 5.97 Å². The normalized spacial score (nSPS) is 10.8. The summed E-state index contributed by atoms with van der Waals surface area (Å²) in [5.74, 6) is -0.881. The van der Waals surface area contributed by atoms with Gasteiger partial charge < -0.3 is 4.74 Å². The molecule has 122 valence electrons. The van der Waals surface area contributed by atoms with Gasteiger partial charge in [0.05, 0.1) is 11.1 Å². The summed E-state index contributed by atoms with van der Waals surface area (Å²) in [6.07, 6.45) is 1.78. The van der Waals surface area contributed by atoms with Gasteiger partial charge >= 0.3 is 5.97 Å². The van der Waals surface area contributed by atoms with Crippen LogP contribution in [0.25, 0.3) is 5.65 Å². The highest BCUT2D eigenvalue weighted by molar-refractivity contribution is 9.10. The first kappa shape index (κ1) is 16.4. The van der Waals surface area contributed by atoms with Crippen molar-refractivity contribution in [2.45, 2.75) is 13.8 Å². The molecule has 0 atom stereocenters. The molecule has 1 aromatic carbocycles. The van der Waals surface area contributed by atoms with Crippen molar-refractivity contribution < 1.29 is 14.3 Å². The molecule has 0 amide bonds. The van der Waals surface area contributed by atoms with Crippen LogP contribution in [0.1, 0.15) is 39.0 Å². The van der Waals surface area contributed by atoms with Crippen molar-refractivity contribution >= 4 is 33.3 Å². The first-order chi connectivity index (χ1) is 11.5. The van der Waals surface area contributed by atoms with Crippen LogP contribution in [0.15, 0.2) is 47.1 Å². The molecule has 0 bridgehead atoms. The summed E-state index contributed by atoms with van der Waals surface area (Å²) < 4.78 is 7.42. The Morgan fingerprint density at radius 3 is 2.62 bits per heavy atom. The fraction of sp³-hybridized carbons (Fsp3) is 0.167. The fourth-order valence-corrected chi connectivity index (χ4v) is 3.16. The zero-order chi connectivity index (χ0) is 17.3. The van der Waals surface area contributed by atoms with Crippen LogP contribution >= 0.6 is 15.9 Å². The van der Waals surface area contributed by atoms with Crippen molar-refractivity contribution in [3.63, 3.8) is 0 Å². The van der Waals surface area contributed by atoms with Gasteiger partial charge in [-0.25, -0.2) is 9.78 Å². The number of carbonyl (C=O) groups excluding carboxylic acids is 2. The predicted octanol–water partition coefficient (Wildman–Crippen LogP) is 3.81. The van der Waals surface area contributed by atoms with Crippen LogP contribution in [0.3, 0.4) is 0 Å². The van der Waals surface area contributed by atoms with E-state index in [0.717, 1.165) is 5.56 Å². The largest absolute Gasteiger partial charge is 0.461 e. The molecule has 2 aromatic heterocycles. The Hall–Kier alpha value is -2.47. The first-order valence-corrected chi connectivity index (χ1v) is 8.27. The van der Waals surface area contributed by atoms with Crippen molar-refractivity contribution in [2.24, 2.45) is 0 Å². The standard InChI is InChI=1S/C18H15BrN2O3/c1-3-24-18(23)14-15(16(22)12-7-5-4-6-8-12)21-10-11(2)9-13(19)17(21)20-14/h4-10H,3H2,1-2H3. The number of ether oxygens (including phenoxy) is 1. The third-order valence-electron chi connectivity index (χ3n) is 3.53. The Balaban J connectivity index is 2.28. The lowest BCUT2D eigenvalue weighted by atomic mass is 10.1. The molecule has 0 saturated carbocycles. The van der Waals surface area contributed by atoms with E-state index in [4.69, 9.17) is 4.74 Å². The molecule has 0 aliphatic heterocycles. The van der Waals surface area contributed by atoms with Crippen molar-refractivity contribution in [3.8, 4) is 0 Å². The molecule has 3 rings (SSSR count). The van der Waals surface area contributed by atoms with Crippen molar-refractivity contribution in [1.29, 1.82) is 0 Å². The number of nitrogens with zero attached hydrogens (tertiary/aromatic N) is 2. The number of fused-ring (bicyclic) bond motifs is 1. The summed E-state index contributed by atoms with van der Waals surface area (Å²) in [5.41, 5.74) is 2.16. The van der Waals surface area contributed by atoms with Gasteiger partial charge in [-0.05, 0) is 41.4 Å². The number of rotatable bonds is 4. The number of esters is 1. The minimum Gasteiger partial charge on any atom is -0.461 e. The average Bonchev–Trinajstić information content (AvgIpc) is 2.95.